The van der Waals surface area contributed by atoms with Gasteiger partial charge in [-0.3, -0.25) is 4.79 Å². The van der Waals surface area contributed by atoms with Gasteiger partial charge in [0.25, 0.3) is 0 Å². The first-order valence-corrected chi connectivity index (χ1v) is 28.8. The summed E-state index contributed by atoms with van der Waals surface area (Å²) in [6, 6.07) is -0.0628. The molecule has 19 atom stereocenters. The van der Waals surface area contributed by atoms with Crippen LogP contribution in [0, 0.1) is 23.7 Å². The zero-order valence-electron chi connectivity index (χ0n) is 40.0. The van der Waals surface area contributed by atoms with Crippen LogP contribution in [0.25, 0.3) is 0 Å². The summed E-state index contributed by atoms with van der Waals surface area (Å²) in [5.41, 5.74) is -4.40. The Morgan fingerprint density at radius 3 is 1.90 bits per heavy atom. The lowest BCUT2D eigenvalue weighted by Gasteiger charge is -2.51. The molecule has 0 aromatic rings. The van der Waals surface area contributed by atoms with Crippen molar-refractivity contribution in [1.29, 1.82) is 0 Å². The molecule has 0 radical (unpaired) electrons. The molecule has 0 unspecified atom stereocenters. The second-order valence-corrected chi connectivity index (χ2v) is 30.0. The van der Waals surface area contributed by atoms with Gasteiger partial charge in [0, 0.05) is 31.4 Å². The van der Waals surface area contributed by atoms with Crippen molar-refractivity contribution in [3.63, 3.8) is 0 Å². The highest BCUT2D eigenvalue weighted by Crippen LogP contribution is 2.42. The number of cyclic esters (lactones) is 1. The molecule has 16 heteroatoms. The van der Waals surface area contributed by atoms with E-state index in [1.54, 1.807) is 41.7 Å². The van der Waals surface area contributed by atoms with Crippen molar-refractivity contribution in [3.05, 3.63) is 0 Å². The second kappa shape index (κ2) is 20.1. The number of esters is 1. The van der Waals surface area contributed by atoms with E-state index in [4.69, 9.17) is 37.3 Å². The predicted molar refractivity (Wildman–Crippen MR) is 232 cm³/mol. The Labute approximate surface area is 358 Å². The van der Waals surface area contributed by atoms with Crippen LogP contribution in [0.5, 0.6) is 0 Å². The van der Waals surface area contributed by atoms with E-state index in [0.717, 1.165) is 0 Å². The average molecular weight is 880 g/mol. The Balaban J connectivity index is 2.25. The van der Waals surface area contributed by atoms with Crippen molar-refractivity contribution in [2.75, 3.05) is 21.2 Å². The summed E-state index contributed by atoms with van der Waals surface area (Å²) in [6.45, 7) is 30.5. The summed E-state index contributed by atoms with van der Waals surface area (Å²) in [6.07, 6.45) is -7.94. The van der Waals surface area contributed by atoms with Crippen molar-refractivity contribution >= 4 is 22.6 Å². The van der Waals surface area contributed by atoms with Gasteiger partial charge in [-0.2, -0.15) is 0 Å². The van der Waals surface area contributed by atoms with Crippen LogP contribution in [0.15, 0.2) is 0 Å². The summed E-state index contributed by atoms with van der Waals surface area (Å²) in [5, 5.41) is 48.0. The highest BCUT2D eigenvalue weighted by molar-refractivity contribution is 6.70. The molecule has 0 saturated carbocycles. The van der Waals surface area contributed by atoms with Crippen molar-refractivity contribution in [2.24, 2.45) is 23.7 Å². The van der Waals surface area contributed by atoms with Gasteiger partial charge in [-0.25, -0.2) is 0 Å². The van der Waals surface area contributed by atoms with E-state index >= 15 is 0 Å². The number of ether oxygens (including phenoxy) is 6. The molecule has 3 heterocycles. The molecule has 4 N–H and O–H groups in total. The third kappa shape index (κ3) is 13.0. The Bertz CT molecular complexity index is 1340. The number of nitrogens with zero attached hydrogens (tertiary/aromatic N) is 1. The van der Waals surface area contributed by atoms with Crippen molar-refractivity contribution in [1.82, 2.24) is 4.90 Å². The molecule has 3 fully saturated rings. The van der Waals surface area contributed by atoms with Crippen LogP contribution in [0.2, 0.25) is 39.3 Å². The first kappa shape index (κ1) is 52.8. The molecule has 3 saturated heterocycles. The standard InChI is InChI=1S/C43H85NO13Si2/c1-20-31-43(10,49)36(46)26(4)33(45)24(2)22-41(8,48)37(55-40-35(56-58(14,15)16)30(44(11)12)21-25(3)51-40)27(5)34(28(6)39(47)53-31)54-32-23-42(9,50-13)38(29(7)52-32)57-59(17,18)19/h24-38,40,45-46,48-49H,20-23H2,1-19H3/t24-,25-,26-,27+,28-,29+,30+,31-,32+,33+,34+,35-,36-,37-,38+,40+,41-,42-,43-/m1/s1. The minimum atomic E-state index is -2.18. The zero-order valence-corrected chi connectivity index (χ0v) is 42.0. The van der Waals surface area contributed by atoms with Gasteiger partial charge in [0.15, 0.2) is 29.2 Å². The Morgan fingerprint density at radius 2 is 1.39 bits per heavy atom. The molecule has 348 valence electrons. The van der Waals surface area contributed by atoms with E-state index in [0.29, 0.717) is 6.42 Å². The number of carbonyl (C=O) groups is 1. The van der Waals surface area contributed by atoms with Gasteiger partial charge in [-0.15, -0.1) is 0 Å². The summed E-state index contributed by atoms with van der Waals surface area (Å²) < 4.78 is 52.9. The molecule has 0 amide bonds. The number of hydrogen-bond acceptors (Lipinski definition) is 14. The van der Waals surface area contributed by atoms with E-state index < -0.39 is 118 Å². The molecule has 59 heavy (non-hydrogen) atoms. The monoisotopic (exact) mass is 880 g/mol. The second-order valence-electron chi connectivity index (χ2n) is 21.1. The molecule has 0 bridgehead atoms. The van der Waals surface area contributed by atoms with Crippen molar-refractivity contribution < 1.29 is 62.5 Å². The minimum absolute atomic E-state index is 0.0263. The van der Waals surface area contributed by atoms with Gasteiger partial charge in [0.05, 0.1) is 59.8 Å². The van der Waals surface area contributed by atoms with Gasteiger partial charge < -0.3 is 62.6 Å². The maximum Gasteiger partial charge on any atom is 0.311 e. The lowest BCUT2D eigenvalue weighted by Crippen LogP contribution is -2.63. The molecule has 14 nitrogen and oxygen atoms in total. The number of hydrogen-bond donors (Lipinski definition) is 4. The maximum absolute atomic E-state index is 14.5. The van der Waals surface area contributed by atoms with Crippen molar-refractivity contribution in [2.45, 2.75) is 225 Å². The van der Waals surface area contributed by atoms with Crippen LogP contribution in [0.1, 0.15) is 94.9 Å². The van der Waals surface area contributed by atoms with Crippen LogP contribution in [0.3, 0.4) is 0 Å². The number of aliphatic hydroxyl groups excluding tert-OH is 2. The first-order chi connectivity index (χ1) is 26.8. The maximum atomic E-state index is 14.5. The first-order valence-electron chi connectivity index (χ1n) is 22.0. The van der Waals surface area contributed by atoms with Gasteiger partial charge in [0.2, 0.25) is 0 Å². The smallest absolute Gasteiger partial charge is 0.311 e. The third-order valence-electron chi connectivity index (χ3n) is 13.0. The highest BCUT2D eigenvalue weighted by Gasteiger charge is 2.54. The quantitative estimate of drug-likeness (QED) is 0.156. The molecule has 0 aromatic heterocycles. The van der Waals surface area contributed by atoms with E-state index in [-0.39, 0.29) is 37.5 Å². The summed E-state index contributed by atoms with van der Waals surface area (Å²) in [7, 11) is 1.44. The highest BCUT2D eigenvalue weighted by atomic mass is 28.4. The summed E-state index contributed by atoms with van der Waals surface area (Å²) >= 11 is 0. The van der Waals surface area contributed by atoms with Gasteiger partial charge in [0.1, 0.15) is 17.8 Å². The molecule has 3 rings (SSSR count). The fourth-order valence-electron chi connectivity index (χ4n) is 9.70. The third-order valence-corrected chi connectivity index (χ3v) is 14.9. The molecule has 3 aliphatic heterocycles. The van der Waals surface area contributed by atoms with Gasteiger partial charge in [-0.05, 0) is 120 Å². The minimum Gasteiger partial charge on any atom is -0.459 e. The average Bonchev–Trinajstić information content (AvgIpc) is 3.10. The Kier molecular flexibility index (Phi) is 18.0. The Hall–Kier alpha value is -0.576. The van der Waals surface area contributed by atoms with E-state index in [9.17, 15) is 25.2 Å². The largest absolute Gasteiger partial charge is 0.459 e. The molecule has 3 aliphatic rings. The van der Waals surface area contributed by atoms with E-state index in [1.165, 1.54) is 6.92 Å². The lowest BCUT2D eigenvalue weighted by atomic mass is 9.73. The van der Waals surface area contributed by atoms with Crippen LogP contribution in [-0.2, 0) is 42.1 Å². The fraction of sp³-hybridized carbons (Fsp3) is 0.977. The van der Waals surface area contributed by atoms with Crippen LogP contribution in [0.4, 0.5) is 0 Å². The topological polar surface area (TPSA) is 175 Å². The normalized spacial score (nSPS) is 46.5. The summed E-state index contributed by atoms with van der Waals surface area (Å²) in [5.74, 6) is -3.85. The van der Waals surface area contributed by atoms with Crippen LogP contribution >= 0.6 is 0 Å². The molecule has 0 spiro atoms. The summed E-state index contributed by atoms with van der Waals surface area (Å²) in [4.78, 5) is 16.6. The number of rotatable bonds is 11. The van der Waals surface area contributed by atoms with Gasteiger partial charge in [-0.1, -0.05) is 27.7 Å². The van der Waals surface area contributed by atoms with E-state index in [1.807, 2.05) is 41.8 Å². The SMILES string of the molecule is CC[C@H]1OC(=O)[C@H](C)[C@@H](O[C@H]2C[C@@](C)(OC)[C@@H](O[Si](C)(C)C)[C@H](C)O2)[C@H](C)[C@@H](O[C@@H]2O[C@H](C)C[C@H](N(C)C)[C@H]2O[Si](C)(C)C)[C@](C)(O)C[C@@H](C)[C@H](O)[C@@H](C)[C@@H](O)[C@]1(C)O. The molecule has 0 aromatic carbocycles. The predicted octanol–water partition coefficient (Wildman–Crippen LogP) is 5.30. The van der Waals surface area contributed by atoms with E-state index in [2.05, 4.69) is 44.2 Å². The number of carbonyl (C=O) groups excluding carboxylic acids is 1. The van der Waals surface area contributed by atoms with Crippen LogP contribution < -0.4 is 0 Å². The molecular weight excluding hydrogens is 795 g/mol. The zero-order chi connectivity index (χ0) is 45.4. The number of aliphatic hydroxyl groups is 4. The Morgan fingerprint density at radius 1 is 0.814 bits per heavy atom. The molecular formula is C43H85NO13Si2. The van der Waals surface area contributed by atoms with Crippen molar-refractivity contribution in [3.8, 4) is 0 Å². The fourth-order valence-corrected chi connectivity index (χ4v) is 12.0. The van der Waals surface area contributed by atoms with Gasteiger partial charge >= 0.3 is 5.97 Å². The number of methoxy groups -OCH3 is 1. The van der Waals surface area contributed by atoms with Crippen LogP contribution in [-0.4, -0.2) is 159 Å². The number of likely N-dealkylation sites (N-methyl/N-ethyl adjacent to an activating group) is 1. The lowest BCUT2D eigenvalue weighted by molar-refractivity contribution is -0.316. The molecule has 0 aliphatic carbocycles.